The molecule has 1 aromatic carbocycles. The average Bonchev–Trinajstić information content (AvgIpc) is 2.77. The number of nitrogens with zero attached hydrogens (tertiary/aromatic N) is 1. The highest BCUT2D eigenvalue weighted by atomic mass is 16.4. The molecule has 0 bridgehead atoms. The minimum atomic E-state index is -1.00. The maximum atomic E-state index is 11.2. The van der Waals surface area contributed by atoms with Gasteiger partial charge < -0.3 is 20.8 Å². The summed E-state index contributed by atoms with van der Waals surface area (Å²) < 4.78 is 0. The number of anilines is 2. The Morgan fingerprint density at radius 3 is 2.16 bits per heavy atom. The van der Waals surface area contributed by atoms with Crippen molar-refractivity contribution in [2.24, 2.45) is 0 Å². The molecular weight excluding hydrogens is 248 g/mol. The Hall–Kier alpha value is -2.24. The van der Waals surface area contributed by atoms with E-state index in [0.29, 0.717) is 24.2 Å². The van der Waals surface area contributed by atoms with Gasteiger partial charge in [0.2, 0.25) is 0 Å². The van der Waals surface area contributed by atoms with E-state index in [1.165, 1.54) is 4.90 Å². The molecule has 2 rings (SSSR count). The van der Waals surface area contributed by atoms with Gasteiger partial charge in [-0.15, -0.1) is 0 Å². The van der Waals surface area contributed by atoms with Gasteiger partial charge in [-0.05, 0) is 43.5 Å². The van der Waals surface area contributed by atoms with Gasteiger partial charge in [-0.1, -0.05) is 0 Å². The predicted octanol–water partition coefficient (Wildman–Crippen LogP) is 1.08. The zero-order valence-corrected chi connectivity index (χ0v) is 10.5. The van der Waals surface area contributed by atoms with Gasteiger partial charge in [-0.2, -0.15) is 0 Å². The molecule has 19 heavy (non-hydrogen) atoms. The smallest absolute Gasteiger partial charge is 0.326 e. The van der Waals surface area contributed by atoms with Crippen LogP contribution in [0.4, 0.5) is 11.4 Å². The molecule has 0 aliphatic carbocycles. The van der Waals surface area contributed by atoms with Crippen molar-refractivity contribution in [1.82, 2.24) is 0 Å². The minimum absolute atomic E-state index is 0.329. The zero-order valence-electron chi connectivity index (χ0n) is 10.5. The molecular formula is C13H16N2O4. The standard InChI is InChI=1S/C13H16N2O4/c1-7-6-8(2-3-9(7)14)15-10(12(16)17)4-5-11(15)13(18)19/h2-3,6,10-11H,4-5,14H2,1H3,(H,16,17)(H,18,19). The molecule has 1 fully saturated rings. The lowest BCUT2D eigenvalue weighted by Gasteiger charge is -2.28. The Kier molecular flexibility index (Phi) is 3.33. The first-order valence-corrected chi connectivity index (χ1v) is 6.02. The molecule has 1 heterocycles. The second kappa shape index (κ2) is 4.79. The van der Waals surface area contributed by atoms with Gasteiger partial charge in [0, 0.05) is 11.4 Å². The van der Waals surface area contributed by atoms with E-state index < -0.39 is 24.0 Å². The molecule has 0 aromatic heterocycles. The number of hydrogen-bond donors (Lipinski definition) is 3. The Morgan fingerprint density at radius 1 is 1.21 bits per heavy atom. The van der Waals surface area contributed by atoms with E-state index in [-0.39, 0.29) is 0 Å². The van der Waals surface area contributed by atoms with Gasteiger partial charge in [-0.25, -0.2) is 9.59 Å². The van der Waals surface area contributed by atoms with E-state index in [4.69, 9.17) is 5.73 Å². The number of carbonyl (C=O) groups is 2. The number of carboxylic acids is 2. The number of rotatable bonds is 3. The molecule has 0 amide bonds. The molecule has 2 unspecified atom stereocenters. The third-order valence-electron chi connectivity index (χ3n) is 3.51. The SMILES string of the molecule is Cc1cc(N2C(C(=O)O)CCC2C(=O)O)ccc1N. The predicted molar refractivity (Wildman–Crippen MR) is 70.2 cm³/mol. The number of aryl methyl sites for hydroxylation is 1. The summed E-state index contributed by atoms with van der Waals surface area (Å²) in [7, 11) is 0. The van der Waals surface area contributed by atoms with Gasteiger partial charge in [0.15, 0.2) is 0 Å². The van der Waals surface area contributed by atoms with Crippen LogP contribution < -0.4 is 10.6 Å². The highest BCUT2D eigenvalue weighted by molar-refractivity contribution is 5.86. The quantitative estimate of drug-likeness (QED) is 0.706. The van der Waals surface area contributed by atoms with Crippen LogP contribution in [0.5, 0.6) is 0 Å². The molecule has 0 radical (unpaired) electrons. The minimum Gasteiger partial charge on any atom is -0.480 e. The van der Waals surface area contributed by atoms with E-state index in [1.54, 1.807) is 25.1 Å². The van der Waals surface area contributed by atoms with E-state index in [2.05, 4.69) is 0 Å². The van der Waals surface area contributed by atoms with Crippen LogP contribution in [0.2, 0.25) is 0 Å². The number of nitrogens with two attached hydrogens (primary N) is 1. The first kappa shape index (κ1) is 13.2. The summed E-state index contributed by atoms with van der Waals surface area (Å²) in [6.07, 6.45) is 0.658. The summed E-state index contributed by atoms with van der Waals surface area (Å²) in [5, 5.41) is 18.4. The molecule has 1 saturated heterocycles. The van der Waals surface area contributed by atoms with Crippen molar-refractivity contribution in [3.05, 3.63) is 23.8 Å². The zero-order chi connectivity index (χ0) is 14.2. The van der Waals surface area contributed by atoms with Crippen molar-refractivity contribution in [2.45, 2.75) is 31.8 Å². The molecule has 6 heteroatoms. The van der Waals surface area contributed by atoms with Crippen LogP contribution in [-0.2, 0) is 9.59 Å². The van der Waals surface area contributed by atoms with Gasteiger partial charge >= 0.3 is 11.9 Å². The summed E-state index contributed by atoms with van der Waals surface area (Å²) >= 11 is 0. The van der Waals surface area contributed by atoms with Gasteiger partial charge in [0.1, 0.15) is 12.1 Å². The first-order chi connectivity index (χ1) is 8.91. The van der Waals surface area contributed by atoms with Crippen LogP contribution >= 0.6 is 0 Å². The van der Waals surface area contributed by atoms with Crippen LogP contribution in [0.3, 0.4) is 0 Å². The molecule has 6 nitrogen and oxygen atoms in total. The van der Waals surface area contributed by atoms with E-state index in [9.17, 15) is 19.8 Å². The number of nitrogen functional groups attached to an aromatic ring is 1. The second-order valence-corrected chi connectivity index (χ2v) is 4.73. The lowest BCUT2D eigenvalue weighted by atomic mass is 10.1. The highest BCUT2D eigenvalue weighted by Crippen LogP contribution is 2.32. The van der Waals surface area contributed by atoms with Gasteiger partial charge in [0.25, 0.3) is 0 Å². The molecule has 1 aliphatic rings. The van der Waals surface area contributed by atoms with Gasteiger partial charge in [-0.3, -0.25) is 0 Å². The number of carboxylic acid groups (broad SMARTS) is 2. The van der Waals surface area contributed by atoms with Crippen LogP contribution in [0.15, 0.2) is 18.2 Å². The fourth-order valence-electron chi connectivity index (χ4n) is 2.48. The Bertz CT molecular complexity index is 507. The lowest BCUT2D eigenvalue weighted by molar-refractivity contribution is -0.139. The summed E-state index contributed by atoms with van der Waals surface area (Å²) in [5.41, 5.74) is 7.71. The van der Waals surface area contributed by atoms with Crippen LogP contribution in [0.1, 0.15) is 18.4 Å². The fourth-order valence-corrected chi connectivity index (χ4v) is 2.48. The van der Waals surface area contributed by atoms with Gasteiger partial charge in [0.05, 0.1) is 0 Å². The summed E-state index contributed by atoms with van der Waals surface area (Å²) in [4.78, 5) is 23.9. The fraction of sp³-hybridized carbons (Fsp3) is 0.385. The third-order valence-corrected chi connectivity index (χ3v) is 3.51. The summed E-state index contributed by atoms with van der Waals surface area (Å²) in [6, 6.07) is 3.46. The summed E-state index contributed by atoms with van der Waals surface area (Å²) in [6.45, 7) is 1.81. The van der Waals surface area contributed by atoms with E-state index in [0.717, 1.165) is 5.56 Å². The molecule has 102 valence electrons. The second-order valence-electron chi connectivity index (χ2n) is 4.73. The maximum Gasteiger partial charge on any atom is 0.326 e. The molecule has 4 N–H and O–H groups in total. The average molecular weight is 264 g/mol. The molecule has 1 aromatic rings. The largest absolute Gasteiger partial charge is 0.480 e. The molecule has 0 spiro atoms. The van der Waals surface area contributed by atoms with Crippen LogP contribution in [-0.4, -0.2) is 34.2 Å². The Balaban J connectivity index is 2.43. The van der Waals surface area contributed by atoms with Crippen LogP contribution in [0, 0.1) is 6.92 Å². The summed E-state index contributed by atoms with van der Waals surface area (Å²) in [5.74, 6) is -2.00. The molecule has 2 atom stereocenters. The van der Waals surface area contributed by atoms with Crippen molar-refractivity contribution in [1.29, 1.82) is 0 Å². The number of hydrogen-bond acceptors (Lipinski definition) is 4. The topological polar surface area (TPSA) is 104 Å². The highest BCUT2D eigenvalue weighted by Gasteiger charge is 2.41. The van der Waals surface area contributed by atoms with Crippen molar-refractivity contribution in [3.8, 4) is 0 Å². The van der Waals surface area contributed by atoms with Crippen LogP contribution in [0.25, 0.3) is 0 Å². The number of benzene rings is 1. The Labute approximate surface area is 110 Å². The molecule has 1 aliphatic heterocycles. The monoisotopic (exact) mass is 264 g/mol. The van der Waals surface area contributed by atoms with Crippen molar-refractivity contribution in [2.75, 3.05) is 10.6 Å². The third kappa shape index (κ3) is 2.33. The van der Waals surface area contributed by atoms with E-state index >= 15 is 0 Å². The Morgan fingerprint density at radius 2 is 1.74 bits per heavy atom. The van der Waals surface area contributed by atoms with Crippen molar-refractivity contribution < 1.29 is 19.8 Å². The number of aliphatic carboxylic acids is 2. The van der Waals surface area contributed by atoms with Crippen molar-refractivity contribution in [3.63, 3.8) is 0 Å². The molecule has 0 saturated carbocycles. The lowest BCUT2D eigenvalue weighted by Crippen LogP contribution is -2.44. The van der Waals surface area contributed by atoms with Crippen molar-refractivity contribution >= 4 is 23.3 Å². The maximum absolute atomic E-state index is 11.2. The normalized spacial score (nSPS) is 22.5. The van der Waals surface area contributed by atoms with E-state index in [1.807, 2.05) is 0 Å². The first-order valence-electron chi connectivity index (χ1n) is 6.02.